The molecule has 0 aliphatic rings. The molecule has 1 aromatic heterocycles. The molecule has 2 aromatic rings. The minimum atomic E-state index is -4.20. The van der Waals surface area contributed by atoms with Gasteiger partial charge in [-0.2, -0.15) is 13.2 Å². The summed E-state index contributed by atoms with van der Waals surface area (Å²) in [5.74, 6) is 0.943. The van der Waals surface area contributed by atoms with E-state index in [-0.39, 0.29) is 0 Å². The van der Waals surface area contributed by atoms with Gasteiger partial charge in [-0.15, -0.1) is 11.6 Å². The van der Waals surface area contributed by atoms with Crippen molar-refractivity contribution in [3.63, 3.8) is 0 Å². The van der Waals surface area contributed by atoms with Gasteiger partial charge in [0.15, 0.2) is 0 Å². The van der Waals surface area contributed by atoms with E-state index in [9.17, 15) is 13.2 Å². The second-order valence-corrected chi connectivity index (χ2v) is 5.38. The van der Waals surface area contributed by atoms with Crippen LogP contribution < -0.4 is 0 Å². The van der Waals surface area contributed by atoms with Gasteiger partial charge in [-0.25, -0.2) is 4.98 Å². The van der Waals surface area contributed by atoms with Gasteiger partial charge in [0.1, 0.15) is 5.82 Å². The van der Waals surface area contributed by atoms with Gasteiger partial charge in [0.25, 0.3) is 0 Å². The molecule has 0 amide bonds. The average Bonchev–Trinajstić information content (AvgIpc) is 2.64. The van der Waals surface area contributed by atoms with Crippen molar-refractivity contribution in [2.24, 2.45) is 0 Å². The number of halogens is 4. The zero-order valence-corrected chi connectivity index (χ0v) is 12.1. The van der Waals surface area contributed by atoms with Crippen LogP contribution in [0.15, 0.2) is 18.2 Å². The van der Waals surface area contributed by atoms with Crippen molar-refractivity contribution >= 4 is 22.6 Å². The van der Waals surface area contributed by atoms with Gasteiger partial charge in [0.2, 0.25) is 0 Å². The van der Waals surface area contributed by atoms with E-state index in [0.29, 0.717) is 18.1 Å². The summed E-state index contributed by atoms with van der Waals surface area (Å²) in [6.45, 7) is 3.49. The molecule has 0 saturated heterocycles. The number of fused-ring (bicyclic) bond motifs is 1. The Morgan fingerprint density at radius 2 is 2.05 bits per heavy atom. The number of benzene rings is 1. The van der Waals surface area contributed by atoms with Crippen molar-refractivity contribution in [3.05, 3.63) is 29.6 Å². The summed E-state index contributed by atoms with van der Waals surface area (Å²) < 4.78 is 39.5. The molecule has 110 valence electrons. The van der Waals surface area contributed by atoms with Gasteiger partial charge < -0.3 is 4.57 Å². The van der Waals surface area contributed by atoms with Crippen LogP contribution >= 0.6 is 11.6 Å². The lowest BCUT2D eigenvalue weighted by atomic mass is 10.2. The number of hydrogen-bond donors (Lipinski definition) is 0. The molecule has 0 bridgehead atoms. The molecule has 1 heterocycles. The molecule has 1 atom stereocenters. The van der Waals surface area contributed by atoms with E-state index in [0.717, 1.165) is 16.6 Å². The molecule has 6 heteroatoms. The van der Waals surface area contributed by atoms with Gasteiger partial charge in [-0.05, 0) is 31.5 Å². The van der Waals surface area contributed by atoms with E-state index in [4.69, 9.17) is 11.6 Å². The van der Waals surface area contributed by atoms with Crippen molar-refractivity contribution in [3.8, 4) is 0 Å². The third-order valence-corrected chi connectivity index (χ3v) is 3.39. The first-order valence-electron chi connectivity index (χ1n) is 6.42. The lowest BCUT2D eigenvalue weighted by molar-refractivity contribution is -0.141. The number of nitrogens with zero attached hydrogens (tertiary/aromatic N) is 2. The van der Waals surface area contributed by atoms with Crippen LogP contribution in [0.3, 0.4) is 0 Å². The van der Waals surface area contributed by atoms with Crippen LogP contribution in [0.25, 0.3) is 11.0 Å². The van der Waals surface area contributed by atoms with Gasteiger partial charge in [0.05, 0.1) is 17.5 Å². The summed E-state index contributed by atoms with van der Waals surface area (Å²) in [7, 11) is 0. The third-order valence-electron chi connectivity index (χ3n) is 3.20. The Kier molecular flexibility index (Phi) is 4.28. The lowest BCUT2D eigenvalue weighted by Crippen LogP contribution is -2.18. The maximum Gasteiger partial charge on any atom is 0.391 e. The van der Waals surface area contributed by atoms with Gasteiger partial charge in [-0.3, -0.25) is 0 Å². The Morgan fingerprint density at radius 1 is 1.35 bits per heavy atom. The molecule has 1 aromatic carbocycles. The monoisotopic (exact) mass is 304 g/mol. The predicted molar refractivity (Wildman–Crippen MR) is 74.3 cm³/mol. The van der Waals surface area contributed by atoms with E-state index < -0.39 is 18.6 Å². The number of rotatable bonds is 4. The van der Waals surface area contributed by atoms with Crippen LogP contribution in [0.4, 0.5) is 13.2 Å². The van der Waals surface area contributed by atoms with Crippen LogP contribution in [0.5, 0.6) is 0 Å². The van der Waals surface area contributed by atoms with E-state index in [1.807, 2.05) is 25.1 Å². The van der Waals surface area contributed by atoms with Gasteiger partial charge >= 0.3 is 6.18 Å². The minimum absolute atomic E-state index is 0.334. The summed E-state index contributed by atoms with van der Waals surface area (Å²) in [5.41, 5.74) is 2.48. The molecule has 0 spiro atoms. The second-order valence-electron chi connectivity index (χ2n) is 5.00. The number of aromatic nitrogens is 2. The Balaban J connectivity index is 2.50. The molecule has 0 fully saturated rings. The lowest BCUT2D eigenvalue weighted by Gasteiger charge is -2.19. The Hall–Kier alpha value is -1.23. The molecule has 0 N–H and O–H groups in total. The molecule has 2 nitrogen and oxygen atoms in total. The fourth-order valence-corrected chi connectivity index (χ4v) is 2.61. The molecule has 20 heavy (non-hydrogen) atoms. The molecule has 0 saturated carbocycles. The zero-order chi connectivity index (χ0) is 14.9. The largest absolute Gasteiger partial charge is 0.391 e. The topological polar surface area (TPSA) is 17.8 Å². The van der Waals surface area contributed by atoms with Gasteiger partial charge in [-0.1, -0.05) is 6.07 Å². The maximum atomic E-state index is 12.6. The van der Waals surface area contributed by atoms with E-state index in [1.165, 1.54) is 0 Å². The predicted octanol–water partition coefficient (Wildman–Crippen LogP) is 4.64. The summed E-state index contributed by atoms with van der Waals surface area (Å²) in [4.78, 5) is 4.43. The van der Waals surface area contributed by atoms with Crippen molar-refractivity contribution in [2.75, 3.05) is 5.88 Å². The first kappa shape index (κ1) is 15.2. The number of aryl methyl sites for hydroxylation is 2. The van der Waals surface area contributed by atoms with Crippen LogP contribution in [0.2, 0.25) is 0 Å². The molecular formula is C14H16ClF3N2. The van der Waals surface area contributed by atoms with Gasteiger partial charge in [0, 0.05) is 18.3 Å². The molecule has 0 aliphatic heterocycles. The fraction of sp³-hybridized carbons (Fsp3) is 0.500. The molecule has 1 unspecified atom stereocenters. The Morgan fingerprint density at radius 3 is 2.65 bits per heavy atom. The van der Waals surface area contributed by atoms with Crippen LogP contribution in [0, 0.1) is 6.92 Å². The van der Waals surface area contributed by atoms with Crippen molar-refractivity contribution in [1.82, 2.24) is 9.55 Å². The van der Waals surface area contributed by atoms with Crippen molar-refractivity contribution in [1.29, 1.82) is 0 Å². The minimum Gasteiger partial charge on any atom is -0.325 e. The summed E-state index contributed by atoms with van der Waals surface area (Å²) in [6.07, 6.45) is -4.61. The van der Waals surface area contributed by atoms with Crippen molar-refractivity contribution < 1.29 is 13.2 Å². The average molecular weight is 305 g/mol. The molecule has 2 rings (SSSR count). The quantitative estimate of drug-likeness (QED) is 0.752. The number of alkyl halides is 4. The highest BCUT2D eigenvalue weighted by Gasteiger charge is 2.32. The first-order valence-corrected chi connectivity index (χ1v) is 6.95. The van der Waals surface area contributed by atoms with Crippen LogP contribution in [0.1, 0.15) is 30.8 Å². The second kappa shape index (κ2) is 5.64. The highest BCUT2D eigenvalue weighted by atomic mass is 35.5. The SMILES string of the molecule is Cc1ccc2c(c1)nc(CCCl)n2C(C)CC(F)(F)F. The summed E-state index contributed by atoms with van der Waals surface area (Å²) in [5, 5.41) is 0. The fourth-order valence-electron chi connectivity index (χ4n) is 2.44. The Labute approximate surface area is 120 Å². The third kappa shape index (κ3) is 3.26. The molecule has 0 radical (unpaired) electrons. The standard InChI is InChI=1S/C14H16ClF3N2/c1-9-3-4-12-11(7-9)19-13(5-6-15)20(12)10(2)8-14(16,17)18/h3-4,7,10H,5-6,8H2,1-2H3. The normalized spacial score (nSPS) is 13.9. The molecule has 0 aliphatic carbocycles. The van der Waals surface area contributed by atoms with E-state index in [1.54, 1.807) is 11.5 Å². The Bertz CT molecular complexity index is 604. The highest BCUT2D eigenvalue weighted by Crippen LogP contribution is 2.31. The molecular weight excluding hydrogens is 289 g/mol. The van der Waals surface area contributed by atoms with E-state index in [2.05, 4.69) is 4.98 Å². The smallest absolute Gasteiger partial charge is 0.325 e. The summed E-state index contributed by atoms with van der Waals surface area (Å²) >= 11 is 5.73. The number of imidazole rings is 1. The van der Waals surface area contributed by atoms with Crippen LogP contribution in [-0.2, 0) is 6.42 Å². The highest BCUT2D eigenvalue weighted by molar-refractivity contribution is 6.17. The van der Waals surface area contributed by atoms with Crippen LogP contribution in [-0.4, -0.2) is 21.6 Å². The van der Waals surface area contributed by atoms with E-state index >= 15 is 0 Å². The van der Waals surface area contributed by atoms with Crippen molar-refractivity contribution in [2.45, 2.75) is 38.9 Å². The first-order chi connectivity index (χ1) is 9.31. The summed E-state index contributed by atoms with van der Waals surface area (Å²) in [6, 6.07) is 4.89. The number of hydrogen-bond acceptors (Lipinski definition) is 1. The zero-order valence-electron chi connectivity index (χ0n) is 11.3. The maximum absolute atomic E-state index is 12.6.